The number of fused-ring (bicyclic) bond motifs is 2. The van der Waals surface area contributed by atoms with Crippen molar-refractivity contribution in [2.45, 2.75) is 51.2 Å². The van der Waals surface area contributed by atoms with Gasteiger partial charge in [-0.25, -0.2) is 0 Å². The summed E-state index contributed by atoms with van der Waals surface area (Å²) in [7, 11) is 1.64. The molecule has 2 amide bonds. The van der Waals surface area contributed by atoms with Crippen molar-refractivity contribution in [3.8, 4) is 5.75 Å². The molecule has 4 rings (SSSR count). The number of carbonyl (C=O) groups is 2. The third-order valence-electron chi connectivity index (χ3n) is 6.69. The normalized spacial score (nSPS) is 29.0. The number of hydrogen-bond acceptors (Lipinski definition) is 4. The smallest absolute Gasteiger partial charge is 0.242 e. The Morgan fingerprint density at radius 3 is 2.75 bits per heavy atom. The molecule has 7 heteroatoms. The van der Waals surface area contributed by atoms with Crippen LogP contribution in [0.3, 0.4) is 0 Å². The fraction of sp³-hybridized carbons (Fsp3) is 0.619. The van der Waals surface area contributed by atoms with Gasteiger partial charge in [0.15, 0.2) is 0 Å². The maximum Gasteiger partial charge on any atom is 0.242 e. The van der Waals surface area contributed by atoms with Gasteiger partial charge in [-0.1, -0.05) is 19.1 Å². The van der Waals surface area contributed by atoms with Crippen LogP contribution in [0.1, 0.15) is 38.2 Å². The van der Waals surface area contributed by atoms with Crippen molar-refractivity contribution in [1.82, 2.24) is 15.1 Å². The van der Waals surface area contributed by atoms with Crippen LogP contribution in [0.4, 0.5) is 0 Å². The molecule has 1 N–H and O–H groups in total. The molecule has 6 nitrogen and oxygen atoms in total. The van der Waals surface area contributed by atoms with Gasteiger partial charge >= 0.3 is 0 Å². The monoisotopic (exact) mass is 407 g/mol. The minimum Gasteiger partial charge on any atom is -0.497 e. The van der Waals surface area contributed by atoms with Crippen molar-refractivity contribution in [1.29, 1.82) is 0 Å². The number of halogens is 1. The summed E-state index contributed by atoms with van der Waals surface area (Å²) in [6, 6.07) is 8.55. The molecule has 2 bridgehead atoms. The number of benzene rings is 1. The van der Waals surface area contributed by atoms with E-state index in [0.717, 1.165) is 30.6 Å². The molecule has 0 spiro atoms. The third-order valence-corrected chi connectivity index (χ3v) is 6.69. The Kier molecular flexibility index (Phi) is 6.20. The molecule has 0 aliphatic carbocycles. The van der Waals surface area contributed by atoms with Gasteiger partial charge < -0.3 is 19.9 Å². The Labute approximate surface area is 173 Å². The second-order valence-electron chi connectivity index (χ2n) is 8.10. The third kappa shape index (κ3) is 3.60. The van der Waals surface area contributed by atoms with Crippen LogP contribution in [0.25, 0.3) is 0 Å². The lowest BCUT2D eigenvalue weighted by Crippen LogP contribution is -2.57. The van der Waals surface area contributed by atoms with Crippen molar-refractivity contribution in [3.63, 3.8) is 0 Å². The summed E-state index contributed by atoms with van der Waals surface area (Å²) in [6.45, 7) is 4.07. The summed E-state index contributed by atoms with van der Waals surface area (Å²) in [5.74, 6) is 1.00. The lowest BCUT2D eigenvalue weighted by molar-refractivity contribution is -0.153. The zero-order chi connectivity index (χ0) is 19.0. The number of amides is 2. The summed E-state index contributed by atoms with van der Waals surface area (Å²) in [6.07, 6.45) is 4.02. The quantitative estimate of drug-likeness (QED) is 0.812. The van der Waals surface area contributed by atoms with Gasteiger partial charge in [0.25, 0.3) is 0 Å². The number of nitrogens with one attached hydrogen (secondary N) is 1. The van der Waals surface area contributed by atoms with Crippen molar-refractivity contribution in [3.05, 3.63) is 29.8 Å². The molecular formula is C21H30ClN3O3. The first-order chi connectivity index (χ1) is 13.1. The van der Waals surface area contributed by atoms with Crippen LogP contribution < -0.4 is 10.1 Å². The summed E-state index contributed by atoms with van der Waals surface area (Å²) in [5.41, 5.74) is 0.739. The number of carbonyl (C=O) groups excluding carboxylic acids is 2. The Morgan fingerprint density at radius 1 is 1.32 bits per heavy atom. The molecule has 3 aliphatic heterocycles. The number of rotatable bonds is 5. The molecule has 0 radical (unpaired) electrons. The molecule has 3 saturated heterocycles. The highest BCUT2D eigenvalue weighted by molar-refractivity contribution is 5.90. The lowest BCUT2D eigenvalue weighted by atomic mass is 9.70. The fourth-order valence-electron chi connectivity index (χ4n) is 5.13. The van der Waals surface area contributed by atoms with E-state index < -0.39 is 0 Å². The summed E-state index contributed by atoms with van der Waals surface area (Å²) < 4.78 is 5.26. The van der Waals surface area contributed by atoms with Crippen LogP contribution in [0.5, 0.6) is 5.75 Å². The van der Waals surface area contributed by atoms with E-state index in [1.54, 1.807) is 12.0 Å². The average molecular weight is 408 g/mol. The number of nitrogens with zero attached hydrogens (tertiary/aromatic N) is 2. The van der Waals surface area contributed by atoms with Crippen LogP contribution in [0.15, 0.2) is 24.3 Å². The zero-order valence-electron chi connectivity index (χ0n) is 16.6. The molecule has 3 aliphatic rings. The fourth-order valence-corrected chi connectivity index (χ4v) is 5.13. The second-order valence-corrected chi connectivity index (χ2v) is 8.10. The van der Waals surface area contributed by atoms with Crippen molar-refractivity contribution >= 4 is 24.2 Å². The van der Waals surface area contributed by atoms with Crippen molar-refractivity contribution in [2.24, 2.45) is 5.41 Å². The van der Waals surface area contributed by atoms with Gasteiger partial charge in [0.05, 0.1) is 19.1 Å². The summed E-state index contributed by atoms with van der Waals surface area (Å²) >= 11 is 0. The van der Waals surface area contributed by atoms with Gasteiger partial charge in [0, 0.05) is 31.7 Å². The molecule has 0 unspecified atom stereocenters. The molecule has 1 aromatic rings. The van der Waals surface area contributed by atoms with E-state index >= 15 is 0 Å². The second kappa shape index (κ2) is 8.29. The molecule has 0 aromatic heterocycles. The maximum absolute atomic E-state index is 13.3. The Bertz CT molecular complexity index is 743. The molecule has 3 atom stereocenters. The number of hydrogen-bond donors (Lipinski definition) is 1. The van der Waals surface area contributed by atoms with E-state index in [4.69, 9.17) is 4.74 Å². The Balaban J connectivity index is 0.00000225. The largest absolute Gasteiger partial charge is 0.497 e. The molecule has 0 saturated carbocycles. The SMILES string of the molecule is CC[C@@]1(C(=O)N2CCN(Cc3cccc(OC)c3)C(=O)C2)C[C@@H]2CC[C@H]1N2.Cl. The minimum absolute atomic E-state index is 0. The van der Waals surface area contributed by atoms with Gasteiger partial charge in [0.1, 0.15) is 5.75 Å². The van der Waals surface area contributed by atoms with Crippen LogP contribution >= 0.6 is 12.4 Å². The molecular weight excluding hydrogens is 378 g/mol. The molecule has 154 valence electrons. The topological polar surface area (TPSA) is 61.9 Å². The predicted octanol–water partition coefficient (Wildman–Crippen LogP) is 2.21. The first-order valence-corrected chi connectivity index (χ1v) is 10.0. The van der Waals surface area contributed by atoms with Crippen molar-refractivity contribution < 1.29 is 14.3 Å². The Morgan fingerprint density at radius 2 is 2.14 bits per heavy atom. The average Bonchev–Trinajstić information content (AvgIpc) is 3.31. The molecule has 3 heterocycles. The highest BCUT2D eigenvalue weighted by Gasteiger charge is 2.55. The number of methoxy groups -OCH3 is 1. The van der Waals surface area contributed by atoms with Crippen LogP contribution in [0.2, 0.25) is 0 Å². The van der Waals surface area contributed by atoms with E-state index in [9.17, 15) is 9.59 Å². The number of ether oxygens (including phenoxy) is 1. The van der Waals surface area contributed by atoms with Crippen LogP contribution in [-0.4, -0.2) is 60.4 Å². The zero-order valence-corrected chi connectivity index (χ0v) is 17.5. The van der Waals surface area contributed by atoms with Crippen LogP contribution in [-0.2, 0) is 16.1 Å². The van der Waals surface area contributed by atoms with E-state index in [-0.39, 0.29) is 42.2 Å². The van der Waals surface area contributed by atoms with E-state index in [1.807, 2.05) is 29.2 Å². The van der Waals surface area contributed by atoms with Crippen LogP contribution in [0, 0.1) is 5.41 Å². The maximum atomic E-state index is 13.3. The van der Waals surface area contributed by atoms with Gasteiger partial charge in [0.2, 0.25) is 11.8 Å². The van der Waals surface area contributed by atoms with E-state index in [0.29, 0.717) is 25.7 Å². The molecule has 1 aromatic carbocycles. The standard InChI is InChI=1S/C21H29N3O3.ClH/c1-3-21(12-16-7-8-18(21)22-16)20(26)24-10-9-23(19(25)14-24)13-15-5-4-6-17(11-15)27-2;/h4-6,11,16,18,22H,3,7-10,12-14H2,1-2H3;1H/t16-,18+,21+;/m0./s1. The van der Waals surface area contributed by atoms with Gasteiger partial charge in [-0.15, -0.1) is 12.4 Å². The highest BCUT2D eigenvalue weighted by Crippen LogP contribution is 2.47. The molecule has 3 fully saturated rings. The van der Waals surface area contributed by atoms with Gasteiger partial charge in [-0.05, 0) is 43.4 Å². The van der Waals surface area contributed by atoms with E-state index in [1.165, 1.54) is 6.42 Å². The Hall–Kier alpha value is -1.79. The van der Waals surface area contributed by atoms with Gasteiger partial charge in [-0.3, -0.25) is 9.59 Å². The van der Waals surface area contributed by atoms with Gasteiger partial charge in [-0.2, -0.15) is 0 Å². The first kappa shape index (κ1) is 20.9. The number of piperazine rings is 1. The highest BCUT2D eigenvalue weighted by atomic mass is 35.5. The lowest BCUT2D eigenvalue weighted by Gasteiger charge is -2.42. The van der Waals surface area contributed by atoms with Crippen molar-refractivity contribution in [2.75, 3.05) is 26.7 Å². The molecule has 28 heavy (non-hydrogen) atoms. The van der Waals surface area contributed by atoms with E-state index in [2.05, 4.69) is 12.2 Å². The summed E-state index contributed by atoms with van der Waals surface area (Å²) in [5, 5.41) is 3.60. The predicted molar refractivity (Wildman–Crippen MR) is 110 cm³/mol. The first-order valence-electron chi connectivity index (χ1n) is 10.0. The minimum atomic E-state index is -0.307. The summed E-state index contributed by atoms with van der Waals surface area (Å²) in [4.78, 5) is 29.7.